The first-order valence-electron chi connectivity index (χ1n) is 8.64. The second-order valence-corrected chi connectivity index (χ2v) is 6.30. The fourth-order valence-corrected chi connectivity index (χ4v) is 3.19. The Hall–Kier alpha value is -3.59. The number of carbonyl (C=O) groups excluding carboxylic acids is 3. The van der Waals surface area contributed by atoms with Gasteiger partial charge in [-0.1, -0.05) is 0 Å². The number of carbonyl (C=O) groups is 3. The zero-order chi connectivity index (χ0) is 21.5. The predicted octanol–water partition coefficient (Wildman–Crippen LogP) is 2.52. The molecule has 9 nitrogen and oxygen atoms in total. The predicted molar refractivity (Wildman–Crippen MR) is 98.0 cm³/mol. The normalized spacial score (nSPS) is 12.2. The van der Waals surface area contributed by atoms with E-state index in [0.717, 1.165) is 0 Å². The van der Waals surface area contributed by atoms with Crippen molar-refractivity contribution in [3.63, 3.8) is 0 Å². The van der Waals surface area contributed by atoms with E-state index >= 15 is 0 Å². The monoisotopic (exact) mass is 402 g/mol. The molecule has 9 heteroatoms. The maximum Gasteiger partial charge on any atom is 0.347 e. The highest BCUT2D eigenvalue weighted by molar-refractivity contribution is 6.03. The summed E-state index contributed by atoms with van der Waals surface area (Å²) in [7, 11) is 0. The van der Waals surface area contributed by atoms with Crippen molar-refractivity contribution >= 4 is 18.2 Å². The quantitative estimate of drug-likeness (QED) is 0.400. The fourth-order valence-electron chi connectivity index (χ4n) is 3.19. The zero-order valence-electron chi connectivity index (χ0n) is 15.9. The number of aromatic hydroxyl groups is 2. The van der Waals surface area contributed by atoms with E-state index in [9.17, 15) is 29.7 Å². The van der Waals surface area contributed by atoms with E-state index in [0.29, 0.717) is 6.29 Å². The molecular weight excluding hydrogens is 384 g/mol. The summed E-state index contributed by atoms with van der Waals surface area (Å²) in [5, 5.41) is 30.3. The van der Waals surface area contributed by atoms with Gasteiger partial charge in [0.2, 0.25) is 0 Å². The van der Waals surface area contributed by atoms with Crippen LogP contribution in [0.3, 0.4) is 0 Å². The molecule has 0 bridgehead atoms. The van der Waals surface area contributed by atoms with Crippen LogP contribution >= 0.6 is 0 Å². The summed E-state index contributed by atoms with van der Waals surface area (Å²) in [6.07, 6.45) is 0.320. The molecular formula is C20H18O9. The number of aryl methyl sites for hydroxylation is 1. The summed E-state index contributed by atoms with van der Waals surface area (Å²) in [4.78, 5) is 36.6. The number of rotatable bonds is 4. The van der Waals surface area contributed by atoms with Crippen LogP contribution in [-0.2, 0) is 11.3 Å². The summed E-state index contributed by atoms with van der Waals surface area (Å²) in [6, 6.07) is 1.21. The molecule has 3 rings (SSSR count). The van der Waals surface area contributed by atoms with Crippen LogP contribution in [-0.4, -0.2) is 40.2 Å². The van der Waals surface area contributed by atoms with Gasteiger partial charge in [0.25, 0.3) is 0 Å². The minimum absolute atomic E-state index is 0.0320. The van der Waals surface area contributed by atoms with Crippen molar-refractivity contribution < 1.29 is 43.9 Å². The molecule has 0 amide bonds. The molecule has 1 heterocycles. The Morgan fingerprint density at radius 3 is 2.45 bits per heavy atom. The second kappa shape index (κ2) is 7.44. The smallest absolute Gasteiger partial charge is 0.347 e. The van der Waals surface area contributed by atoms with E-state index in [4.69, 9.17) is 14.2 Å². The Bertz CT molecular complexity index is 1050. The highest BCUT2D eigenvalue weighted by Gasteiger charge is 2.35. The second-order valence-electron chi connectivity index (χ2n) is 6.30. The van der Waals surface area contributed by atoms with Gasteiger partial charge in [-0.15, -0.1) is 0 Å². The van der Waals surface area contributed by atoms with E-state index in [1.165, 1.54) is 19.9 Å². The number of phenolic OH excluding ortho intramolecular Hbond substituents is 1. The van der Waals surface area contributed by atoms with Crippen molar-refractivity contribution in [1.29, 1.82) is 0 Å². The Morgan fingerprint density at radius 2 is 1.86 bits per heavy atom. The van der Waals surface area contributed by atoms with Gasteiger partial charge < -0.3 is 29.5 Å². The lowest BCUT2D eigenvalue weighted by Crippen LogP contribution is -2.13. The molecule has 0 atom stereocenters. The minimum atomic E-state index is -0.920. The molecule has 0 unspecified atom stereocenters. The van der Waals surface area contributed by atoms with E-state index in [1.54, 1.807) is 6.92 Å². The van der Waals surface area contributed by atoms with Crippen LogP contribution in [0.5, 0.6) is 28.7 Å². The number of hydrogen-bond donors (Lipinski definition) is 3. The number of aldehydes is 1. The van der Waals surface area contributed by atoms with Gasteiger partial charge in [0.1, 0.15) is 22.6 Å². The molecule has 2 aromatic carbocycles. The largest absolute Gasteiger partial charge is 0.507 e. The van der Waals surface area contributed by atoms with Crippen LogP contribution in [0.4, 0.5) is 0 Å². The van der Waals surface area contributed by atoms with Crippen LogP contribution in [0.2, 0.25) is 0 Å². The first-order valence-corrected chi connectivity index (χ1v) is 8.64. The highest BCUT2D eigenvalue weighted by Crippen LogP contribution is 2.50. The van der Waals surface area contributed by atoms with Crippen LogP contribution in [0.25, 0.3) is 0 Å². The number of hydrogen-bond acceptors (Lipinski definition) is 9. The molecule has 29 heavy (non-hydrogen) atoms. The first kappa shape index (κ1) is 20.2. The lowest BCUT2D eigenvalue weighted by molar-refractivity contribution is 0.0521. The Labute approximate surface area is 165 Å². The van der Waals surface area contributed by atoms with Gasteiger partial charge in [0.15, 0.2) is 23.5 Å². The van der Waals surface area contributed by atoms with Crippen molar-refractivity contribution in [2.24, 2.45) is 0 Å². The Balaban J connectivity index is 2.38. The van der Waals surface area contributed by atoms with Crippen molar-refractivity contribution in [3.8, 4) is 28.7 Å². The van der Waals surface area contributed by atoms with Gasteiger partial charge in [0.05, 0.1) is 24.3 Å². The molecule has 152 valence electrons. The van der Waals surface area contributed by atoms with Gasteiger partial charge in [-0.3, -0.25) is 4.79 Å². The third kappa shape index (κ3) is 3.05. The standard InChI is InChI=1S/C20H18O9/c1-4-27-19(25)14-9(3)16-18(11(7-22)15(14)24)29-20(26)13-8(2)5-12(23)10(6-21)17(13)28-16/h5-6,22-24H,4,7H2,1-3H3. The van der Waals surface area contributed by atoms with Crippen molar-refractivity contribution in [2.45, 2.75) is 27.4 Å². The molecule has 0 aromatic heterocycles. The maximum atomic E-state index is 12.7. The maximum absolute atomic E-state index is 12.7. The van der Waals surface area contributed by atoms with Crippen LogP contribution in [0.1, 0.15) is 54.7 Å². The lowest BCUT2D eigenvalue weighted by Gasteiger charge is -2.18. The Morgan fingerprint density at radius 1 is 1.17 bits per heavy atom. The topological polar surface area (TPSA) is 140 Å². The summed E-state index contributed by atoms with van der Waals surface area (Å²) in [6.45, 7) is 3.76. The van der Waals surface area contributed by atoms with Gasteiger partial charge in [-0.05, 0) is 32.4 Å². The van der Waals surface area contributed by atoms with E-state index in [-0.39, 0.29) is 57.2 Å². The highest BCUT2D eigenvalue weighted by atomic mass is 16.6. The Kier molecular flexibility index (Phi) is 5.17. The summed E-state index contributed by atoms with van der Waals surface area (Å²) < 4.78 is 16.1. The number of phenols is 2. The minimum Gasteiger partial charge on any atom is -0.507 e. The fraction of sp³-hybridized carbons (Fsp3) is 0.250. The lowest BCUT2D eigenvalue weighted by atomic mass is 10.0. The molecule has 2 aromatic rings. The van der Waals surface area contributed by atoms with Gasteiger partial charge in [-0.2, -0.15) is 0 Å². The average Bonchev–Trinajstić information content (AvgIpc) is 2.79. The van der Waals surface area contributed by atoms with Gasteiger partial charge in [-0.25, -0.2) is 9.59 Å². The number of benzene rings is 2. The van der Waals surface area contributed by atoms with Crippen molar-refractivity contribution in [2.75, 3.05) is 6.61 Å². The summed E-state index contributed by atoms with van der Waals surface area (Å²) in [5.74, 6) is -3.54. The number of ether oxygens (including phenoxy) is 3. The van der Waals surface area contributed by atoms with E-state index < -0.39 is 30.0 Å². The zero-order valence-corrected chi connectivity index (χ0v) is 15.9. The van der Waals surface area contributed by atoms with E-state index in [1.807, 2.05) is 0 Å². The molecule has 1 aliphatic heterocycles. The molecule has 0 saturated heterocycles. The summed E-state index contributed by atoms with van der Waals surface area (Å²) in [5.41, 5.74) is -0.596. The van der Waals surface area contributed by atoms with Crippen molar-refractivity contribution in [3.05, 3.63) is 39.4 Å². The molecule has 0 fully saturated rings. The van der Waals surface area contributed by atoms with Crippen LogP contribution in [0.15, 0.2) is 6.07 Å². The first-order chi connectivity index (χ1) is 13.8. The number of fused-ring (bicyclic) bond motifs is 2. The average molecular weight is 402 g/mol. The SMILES string of the molecule is CCOC(=O)c1c(C)c2c(c(CO)c1O)OC(=O)c1c(C)cc(O)c(C=O)c1O2. The molecule has 0 radical (unpaired) electrons. The molecule has 0 spiro atoms. The van der Waals surface area contributed by atoms with Crippen molar-refractivity contribution in [1.82, 2.24) is 0 Å². The van der Waals surface area contributed by atoms with Gasteiger partial charge >= 0.3 is 11.9 Å². The summed E-state index contributed by atoms with van der Waals surface area (Å²) >= 11 is 0. The third-order valence-electron chi connectivity index (χ3n) is 4.57. The third-order valence-corrected chi connectivity index (χ3v) is 4.57. The molecule has 0 saturated carbocycles. The molecule has 1 aliphatic rings. The van der Waals surface area contributed by atoms with Crippen LogP contribution in [0, 0.1) is 13.8 Å². The number of esters is 2. The van der Waals surface area contributed by atoms with Crippen LogP contribution < -0.4 is 9.47 Å². The number of aliphatic hydroxyl groups excluding tert-OH is 1. The van der Waals surface area contributed by atoms with E-state index in [2.05, 4.69) is 0 Å². The molecule has 0 aliphatic carbocycles. The molecule has 3 N–H and O–H groups in total. The van der Waals surface area contributed by atoms with Gasteiger partial charge in [0, 0.05) is 5.56 Å². The number of aliphatic hydroxyl groups is 1.